The van der Waals surface area contributed by atoms with Crippen LogP contribution in [-0.4, -0.2) is 28.5 Å². The summed E-state index contributed by atoms with van der Waals surface area (Å²) < 4.78 is 6.22. The minimum Gasteiger partial charge on any atom is -0.492 e. The Hall–Kier alpha value is -2.80. The molecule has 0 saturated heterocycles. The van der Waals surface area contributed by atoms with E-state index in [0.717, 1.165) is 11.4 Å². The zero-order valence-corrected chi connectivity index (χ0v) is 17.7. The first-order valence-corrected chi connectivity index (χ1v) is 10.7. The number of aromatic nitrogens is 2. The fourth-order valence-corrected chi connectivity index (χ4v) is 4.05. The van der Waals surface area contributed by atoms with Crippen LogP contribution in [0.2, 0.25) is 5.02 Å². The molecular formula is C19H16ClN5O2S2. The number of amides is 1. The van der Waals surface area contributed by atoms with Gasteiger partial charge in [-0.25, -0.2) is 0 Å². The van der Waals surface area contributed by atoms with Gasteiger partial charge in [-0.05, 0) is 37.3 Å². The first-order valence-electron chi connectivity index (χ1n) is 8.53. The fourth-order valence-electron chi connectivity index (χ4n) is 2.32. The Bertz CT molecular complexity index is 1050. The Labute approximate surface area is 181 Å². The van der Waals surface area contributed by atoms with Crippen molar-refractivity contribution in [3.05, 3.63) is 53.1 Å². The van der Waals surface area contributed by atoms with Crippen molar-refractivity contribution >= 4 is 57.1 Å². The molecule has 0 fully saturated rings. The maximum absolute atomic E-state index is 12.2. The molecule has 0 bridgehead atoms. The van der Waals surface area contributed by atoms with Crippen molar-refractivity contribution in [3.63, 3.8) is 0 Å². The van der Waals surface area contributed by atoms with Crippen LogP contribution in [0.5, 0.6) is 5.75 Å². The summed E-state index contributed by atoms with van der Waals surface area (Å²) in [5, 5.41) is 24.2. The van der Waals surface area contributed by atoms with Gasteiger partial charge in [-0.1, -0.05) is 46.8 Å². The summed E-state index contributed by atoms with van der Waals surface area (Å²) in [7, 11) is 0. The third-order valence-electron chi connectivity index (χ3n) is 3.54. The molecule has 0 aliphatic rings. The maximum Gasteiger partial charge on any atom is 0.234 e. The molecule has 0 atom stereocenters. The molecule has 0 unspecified atom stereocenters. The van der Waals surface area contributed by atoms with E-state index < -0.39 is 0 Å². The number of ether oxygens (including phenoxy) is 1. The number of hydrogen-bond acceptors (Lipinski definition) is 8. The molecule has 0 spiro atoms. The summed E-state index contributed by atoms with van der Waals surface area (Å²) in [5.41, 5.74) is 1.53. The third kappa shape index (κ3) is 5.84. The minimum absolute atomic E-state index is 0.127. The predicted molar refractivity (Wildman–Crippen MR) is 116 cm³/mol. The predicted octanol–water partition coefficient (Wildman–Crippen LogP) is 4.94. The summed E-state index contributed by atoms with van der Waals surface area (Å²) in [6, 6.07) is 14.3. The van der Waals surface area contributed by atoms with Crippen LogP contribution in [0.15, 0.2) is 46.8 Å². The summed E-state index contributed by atoms with van der Waals surface area (Å²) in [6.07, 6.45) is 0. The van der Waals surface area contributed by atoms with E-state index in [2.05, 4.69) is 20.8 Å². The number of thioether (sulfide) groups is 1. The van der Waals surface area contributed by atoms with Crippen molar-refractivity contribution in [2.45, 2.75) is 11.3 Å². The highest BCUT2D eigenvalue weighted by molar-refractivity contribution is 8.01. The van der Waals surface area contributed by atoms with Gasteiger partial charge in [-0.2, -0.15) is 5.26 Å². The second kappa shape index (κ2) is 10.1. The van der Waals surface area contributed by atoms with E-state index in [1.807, 2.05) is 37.3 Å². The molecule has 148 valence electrons. The number of nitrogens with one attached hydrogen (secondary N) is 2. The molecule has 0 radical (unpaired) electrons. The smallest absolute Gasteiger partial charge is 0.234 e. The lowest BCUT2D eigenvalue weighted by atomic mass is 10.2. The molecule has 1 amide bonds. The molecule has 7 nitrogen and oxygen atoms in total. The molecule has 0 aliphatic heterocycles. The van der Waals surface area contributed by atoms with Crippen molar-refractivity contribution < 1.29 is 9.53 Å². The van der Waals surface area contributed by atoms with Gasteiger partial charge in [0, 0.05) is 5.02 Å². The lowest BCUT2D eigenvalue weighted by Gasteiger charge is -2.09. The number of hydrogen-bond donors (Lipinski definition) is 2. The van der Waals surface area contributed by atoms with Crippen molar-refractivity contribution in [1.82, 2.24) is 10.2 Å². The van der Waals surface area contributed by atoms with Crippen LogP contribution in [0.3, 0.4) is 0 Å². The van der Waals surface area contributed by atoms with Crippen molar-refractivity contribution in [2.24, 2.45) is 0 Å². The Morgan fingerprint density at radius 2 is 2.10 bits per heavy atom. The average Bonchev–Trinajstić information content (AvgIpc) is 3.16. The molecule has 3 aromatic rings. The topological polar surface area (TPSA) is 99.9 Å². The van der Waals surface area contributed by atoms with Crippen LogP contribution >= 0.6 is 34.7 Å². The standard InChI is InChI=1S/C19H16ClN5O2S2/c1-2-27-16-6-4-3-5-14(16)23-18-24-25-19(29-18)28-11-17(26)22-15-9-13(20)8-7-12(15)10-21/h3-9H,2,11H2,1H3,(H,22,26)(H,23,24). The number of carbonyl (C=O) groups excluding carboxylic acids is 1. The molecule has 3 rings (SSSR count). The summed E-state index contributed by atoms with van der Waals surface area (Å²) in [5.74, 6) is 0.593. The van der Waals surface area contributed by atoms with E-state index in [0.29, 0.717) is 32.4 Å². The SMILES string of the molecule is CCOc1ccccc1Nc1nnc(SCC(=O)Nc2cc(Cl)ccc2C#N)s1. The van der Waals surface area contributed by atoms with E-state index in [1.54, 1.807) is 18.2 Å². The number of nitrogens with zero attached hydrogens (tertiary/aromatic N) is 3. The number of nitriles is 1. The van der Waals surface area contributed by atoms with E-state index in [-0.39, 0.29) is 11.7 Å². The van der Waals surface area contributed by atoms with Gasteiger partial charge in [0.1, 0.15) is 11.8 Å². The monoisotopic (exact) mass is 445 g/mol. The number of rotatable bonds is 8. The van der Waals surface area contributed by atoms with Crippen LogP contribution in [0.4, 0.5) is 16.5 Å². The molecule has 2 N–H and O–H groups in total. The number of carbonyl (C=O) groups is 1. The summed E-state index contributed by atoms with van der Waals surface area (Å²) >= 11 is 8.52. The van der Waals surface area contributed by atoms with E-state index in [4.69, 9.17) is 21.6 Å². The molecule has 0 saturated carbocycles. The summed E-state index contributed by atoms with van der Waals surface area (Å²) in [4.78, 5) is 12.2. The second-order valence-electron chi connectivity index (χ2n) is 5.57. The third-order valence-corrected chi connectivity index (χ3v) is 5.74. The van der Waals surface area contributed by atoms with Crippen LogP contribution in [-0.2, 0) is 4.79 Å². The largest absolute Gasteiger partial charge is 0.492 e. The van der Waals surface area contributed by atoms with E-state index in [1.165, 1.54) is 23.1 Å². The Kier molecular flexibility index (Phi) is 7.30. The molecule has 29 heavy (non-hydrogen) atoms. The number of anilines is 3. The average molecular weight is 446 g/mol. The van der Waals surface area contributed by atoms with Crippen molar-refractivity contribution in [1.29, 1.82) is 5.26 Å². The second-order valence-corrected chi connectivity index (χ2v) is 8.20. The zero-order valence-electron chi connectivity index (χ0n) is 15.3. The molecular weight excluding hydrogens is 430 g/mol. The maximum atomic E-state index is 12.2. The van der Waals surface area contributed by atoms with Gasteiger partial charge in [0.25, 0.3) is 0 Å². The van der Waals surface area contributed by atoms with E-state index in [9.17, 15) is 4.79 Å². The zero-order chi connectivity index (χ0) is 20.6. The normalized spacial score (nSPS) is 10.2. The minimum atomic E-state index is -0.264. The quantitative estimate of drug-likeness (QED) is 0.474. The lowest BCUT2D eigenvalue weighted by molar-refractivity contribution is -0.113. The van der Waals surface area contributed by atoms with Gasteiger partial charge in [0.2, 0.25) is 11.0 Å². The summed E-state index contributed by atoms with van der Waals surface area (Å²) in [6.45, 7) is 2.48. The number of halogens is 1. The number of benzene rings is 2. The Morgan fingerprint density at radius 1 is 1.28 bits per heavy atom. The van der Waals surface area contributed by atoms with Crippen molar-refractivity contribution in [2.75, 3.05) is 23.0 Å². The molecule has 1 aromatic heterocycles. The van der Waals surface area contributed by atoms with Crippen LogP contribution in [0.1, 0.15) is 12.5 Å². The molecule has 10 heteroatoms. The highest BCUT2D eigenvalue weighted by Gasteiger charge is 2.12. The van der Waals surface area contributed by atoms with Gasteiger partial charge in [-0.3, -0.25) is 4.79 Å². The van der Waals surface area contributed by atoms with Crippen LogP contribution < -0.4 is 15.4 Å². The first kappa shape index (κ1) is 20.9. The lowest BCUT2D eigenvalue weighted by Crippen LogP contribution is -2.14. The highest BCUT2D eigenvalue weighted by Crippen LogP contribution is 2.31. The van der Waals surface area contributed by atoms with Gasteiger partial charge in [0.05, 0.1) is 29.3 Å². The van der Waals surface area contributed by atoms with E-state index >= 15 is 0 Å². The number of para-hydroxylation sites is 2. The van der Waals surface area contributed by atoms with Gasteiger partial charge < -0.3 is 15.4 Å². The molecule has 0 aliphatic carbocycles. The fraction of sp³-hybridized carbons (Fsp3) is 0.158. The molecule has 2 aromatic carbocycles. The first-order chi connectivity index (χ1) is 14.1. The van der Waals surface area contributed by atoms with Gasteiger partial charge in [0.15, 0.2) is 4.34 Å². The highest BCUT2D eigenvalue weighted by atomic mass is 35.5. The molecule has 1 heterocycles. The van der Waals surface area contributed by atoms with Crippen LogP contribution in [0, 0.1) is 11.3 Å². The Morgan fingerprint density at radius 3 is 2.90 bits per heavy atom. The van der Waals surface area contributed by atoms with Gasteiger partial charge in [-0.15, -0.1) is 10.2 Å². The van der Waals surface area contributed by atoms with Crippen molar-refractivity contribution in [3.8, 4) is 11.8 Å². The van der Waals surface area contributed by atoms with Crippen LogP contribution in [0.25, 0.3) is 0 Å². The van der Waals surface area contributed by atoms with Gasteiger partial charge >= 0.3 is 0 Å². The Balaban J connectivity index is 1.58.